The van der Waals surface area contributed by atoms with Gasteiger partial charge in [-0.1, -0.05) is 0 Å². The molecule has 2 aliphatic rings. The second-order valence-corrected chi connectivity index (χ2v) is 3.33. The van der Waals surface area contributed by atoms with Gasteiger partial charge in [0, 0.05) is 12.6 Å². The molecule has 0 aromatic rings. The predicted octanol–water partition coefficient (Wildman–Crippen LogP) is 0.775. The van der Waals surface area contributed by atoms with Crippen LogP contribution in [-0.2, 0) is 4.74 Å². The molecule has 0 aliphatic carbocycles. The van der Waals surface area contributed by atoms with E-state index in [1.807, 2.05) is 0 Å². The zero-order chi connectivity index (χ0) is 6.81. The molecule has 0 amide bonds. The van der Waals surface area contributed by atoms with E-state index in [0.29, 0.717) is 0 Å². The largest absolute Gasteiger partial charge is 0.381 e. The first-order valence-corrected chi connectivity index (χ1v) is 4.28. The molecular weight excluding hydrogens is 126 g/mol. The van der Waals surface area contributed by atoms with Gasteiger partial charge in [-0.05, 0) is 31.7 Å². The first kappa shape index (κ1) is 6.62. The molecule has 0 unspecified atom stereocenters. The molecule has 0 aromatic heterocycles. The third kappa shape index (κ3) is 1.18. The fourth-order valence-corrected chi connectivity index (χ4v) is 2.00. The standard InChI is InChI=1S/C8H15NO/c1-2-7-6-10-5-3-8(7)9-4-1/h7-9H,1-6H2/t7-,8-/m0/s1. The summed E-state index contributed by atoms with van der Waals surface area (Å²) in [5.41, 5.74) is 0. The Morgan fingerprint density at radius 2 is 2.30 bits per heavy atom. The van der Waals surface area contributed by atoms with Crippen LogP contribution in [0.1, 0.15) is 19.3 Å². The number of piperidine rings is 1. The molecule has 10 heavy (non-hydrogen) atoms. The lowest BCUT2D eigenvalue weighted by Crippen LogP contribution is -2.46. The van der Waals surface area contributed by atoms with Gasteiger partial charge in [-0.3, -0.25) is 0 Å². The summed E-state index contributed by atoms with van der Waals surface area (Å²) in [5.74, 6) is 0.822. The first-order chi connectivity index (χ1) is 4.97. The Kier molecular flexibility index (Phi) is 1.91. The van der Waals surface area contributed by atoms with E-state index in [4.69, 9.17) is 4.74 Å². The molecule has 2 fully saturated rings. The van der Waals surface area contributed by atoms with Crippen LogP contribution in [0.4, 0.5) is 0 Å². The minimum absolute atomic E-state index is 0.780. The average Bonchev–Trinajstić information content (AvgIpc) is 2.05. The molecule has 2 heterocycles. The van der Waals surface area contributed by atoms with Gasteiger partial charge in [0.1, 0.15) is 0 Å². The summed E-state index contributed by atoms with van der Waals surface area (Å²) in [6, 6.07) is 0.780. The van der Waals surface area contributed by atoms with Crippen molar-refractivity contribution < 1.29 is 4.74 Å². The number of fused-ring (bicyclic) bond motifs is 1. The van der Waals surface area contributed by atoms with E-state index in [-0.39, 0.29) is 0 Å². The summed E-state index contributed by atoms with van der Waals surface area (Å²) in [5, 5.41) is 3.54. The fourth-order valence-electron chi connectivity index (χ4n) is 2.00. The van der Waals surface area contributed by atoms with E-state index in [1.165, 1.54) is 25.8 Å². The molecule has 2 atom stereocenters. The maximum absolute atomic E-state index is 5.40. The van der Waals surface area contributed by atoms with E-state index in [9.17, 15) is 0 Å². The summed E-state index contributed by atoms with van der Waals surface area (Å²) >= 11 is 0. The summed E-state index contributed by atoms with van der Waals surface area (Å²) in [6.07, 6.45) is 3.94. The predicted molar refractivity (Wildman–Crippen MR) is 40.0 cm³/mol. The van der Waals surface area contributed by atoms with E-state index >= 15 is 0 Å². The topological polar surface area (TPSA) is 21.3 Å². The van der Waals surface area contributed by atoms with Crippen molar-refractivity contribution in [2.24, 2.45) is 5.92 Å². The zero-order valence-electron chi connectivity index (χ0n) is 6.31. The van der Waals surface area contributed by atoms with Crippen molar-refractivity contribution in [1.82, 2.24) is 5.32 Å². The summed E-state index contributed by atoms with van der Waals surface area (Å²) < 4.78 is 5.40. The van der Waals surface area contributed by atoms with E-state index in [0.717, 1.165) is 25.2 Å². The molecule has 2 aliphatic heterocycles. The van der Waals surface area contributed by atoms with E-state index in [1.54, 1.807) is 0 Å². The van der Waals surface area contributed by atoms with E-state index in [2.05, 4.69) is 5.32 Å². The van der Waals surface area contributed by atoms with Crippen LogP contribution in [0.25, 0.3) is 0 Å². The van der Waals surface area contributed by atoms with Crippen LogP contribution in [0.5, 0.6) is 0 Å². The number of rotatable bonds is 0. The second kappa shape index (κ2) is 2.89. The van der Waals surface area contributed by atoms with Crippen molar-refractivity contribution >= 4 is 0 Å². The smallest absolute Gasteiger partial charge is 0.0509 e. The highest BCUT2D eigenvalue weighted by atomic mass is 16.5. The average molecular weight is 141 g/mol. The molecule has 58 valence electrons. The van der Waals surface area contributed by atoms with Crippen LogP contribution in [0.15, 0.2) is 0 Å². The molecule has 2 heteroatoms. The highest BCUT2D eigenvalue weighted by Crippen LogP contribution is 2.22. The number of hydrogen-bond acceptors (Lipinski definition) is 2. The SMILES string of the molecule is C1CN[C@H]2CCOC[C@@H]2C1. The second-order valence-electron chi connectivity index (χ2n) is 3.33. The van der Waals surface area contributed by atoms with E-state index < -0.39 is 0 Å². The van der Waals surface area contributed by atoms with Crippen molar-refractivity contribution in [1.29, 1.82) is 0 Å². The lowest BCUT2D eigenvalue weighted by Gasteiger charge is -2.35. The fraction of sp³-hybridized carbons (Fsp3) is 1.00. The van der Waals surface area contributed by atoms with Gasteiger partial charge in [-0.25, -0.2) is 0 Å². The third-order valence-corrected chi connectivity index (χ3v) is 2.63. The van der Waals surface area contributed by atoms with Gasteiger partial charge in [0.15, 0.2) is 0 Å². The van der Waals surface area contributed by atoms with Gasteiger partial charge in [0.2, 0.25) is 0 Å². The van der Waals surface area contributed by atoms with Gasteiger partial charge >= 0.3 is 0 Å². The first-order valence-electron chi connectivity index (χ1n) is 4.28. The molecule has 0 saturated carbocycles. The quantitative estimate of drug-likeness (QED) is 0.538. The lowest BCUT2D eigenvalue weighted by atomic mass is 9.88. The van der Waals surface area contributed by atoms with Gasteiger partial charge in [-0.15, -0.1) is 0 Å². The van der Waals surface area contributed by atoms with Crippen LogP contribution in [0.2, 0.25) is 0 Å². The molecule has 0 radical (unpaired) electrons. The Labute approximate surface area is 61.9 Å². The van der Waals surface area contributed by atoms with Gasteiger partial charge < -0.3 is 10.1 Å². The molecule has 1 N–H and O–H groups in total. The molecule has 0 bridgehead atoms. The Morgan fingerprint density at radius 3 is 3.20 bits per heavy atom. The highest BCUT2D eigenvalue weighted by Gasteiger charge is 2.27. The van der Waals surface area contributed by atoms with Crippen molar-refractivity contribution in [3.05, 3.63) is 0 Å². The zero-order valence-corrected chi connectivity index (χ0v) is 6.31. The lowest BCUT2D eigenvalue weighted by molar-refractivity contribution is 0.0187. The molecule has 0 aromatic carbocycles. The van der Waals surface area contributed by atoms with Gasteiger partial charge in [0.25, 0.3) is 0 Å². The summed E-state index contributed by atoms with van der Waals surface area (Å²) in [4.78, 5) is 0. The maximum atomic E-state index is 5.40. The van der Waals surface area contributed by atoms with Crippen LogP contribution in [0.3, 0.4) is 0 Å². The number of nitrogens with one attached hydrogen (secondary N) is 1. The van der Waals surface area contributed by atoms with Crippen molar-refractivity contribution in [3.63, 3.8) is 0 Å². The van der Waals surface area contributed by atoms with Crippen LogP contribution in [0, 0.1) is 5.92 Å². The maximum Gasteiger partial charge on any atom is 0.0509 e. The van der Waals surface area contributed by atoms with Crippen molar-refractivity contribution in [2.75, 3.05) is 19.8 Å². The Balaban J connectivity index is 1.93. The van der Waals surface area contributed by atoms with Crippen LogP contribution < -0.4 is 5.32 Å². The Hall–Kier alpha value is -0.0800. The normalized spacial score (nSPS) is 40.8. The minimum atomic E-state index is 0.780. The van der Waals surface area contributed by atoms with Gasteiger partial charge in [-0.2, -0.15) is 0 Å². The monoisotopic (exact) mass is 141 g/mol. The number of ether oxygens (including phenoxy) is 1. The molecular formula is C8H15NO. The molecule has 2 rings (SSSR count). The van der Waals surface area contributed by atoms with Crippen LogP contribution >= 0.6 is 0 Å². The van der Waals surface area contributed by atoms with Crippen LogP contribution in [-0.4, -0.2) is 25.8 Å². The number of hydrogen-bond donors (Lipinski definition) is 1. The molecule has 2 saturated heterocycles. The highest BCUT2D eigenvalue weighted by molar-refractivity contribution is 4.83. The Bertz CT molecular complexity index is 89.8. The summed E-state index contributed by atoms with van der Waals surface area (Å²) in [6.45, 7) is 3.19. The minimum Gasteiger partial charge on any atom is -0.381 e. The Morgan fingerprint density at radius 1 is 1.30 bits per heavy atom. The third-order valence-electron chi connectivity index (χ3n) is 2.63. The van der Waals surface area contributed by atoms with Crippen molar-refractivity contribution in [3.8, 4) is 0 Å². The summed E-state index contributed by atoms with van der Waals surface area (Å²) in [7, 11) is 0. The molecule has 2 nitrogen and oxygen atoms in total. The van der Waals surface area contributed by atoms with Crippen molar-refractivity contribution in [2.45, 2.75) is 25.3 Å². The molecule has 0 spiro atoms. The van der Waals surface area contributed by atoms with Gasteiger partial charge in [0.05, 0.1) is 6.61 Å².